The van der Waals surface area contributed by atoms with Crippen LogP contribution in [0.1, 0.15) is 16.8 Å². The molecule has 1 N–H and O–H groups in total. The predicted octanol–water partition coefficient (Wildman–Crippen LogP) is 2.12. The van der Waals surface area contributed by atoms with Crippen LogP contribution in [0.25, 0.3) is 0 Å². The number of carbonyl (C=O) groups is 1. The van der Waals surface area contributed by atoms with E-state index in [2.05, 4.69) is 5.32 Å². The van der Waals surface area contributed by atoms with Crippen LogP contribution in [-0.4, -0.2) is 31.5 Å². The van der Waals surface area contributed by atoms with E-state index in [1.54, 1.807) is 13.2 Å². The fourth-order valence-electron chi connectivity index (χ4n) is 1.19. The Morgan fingerprint density at radius 3 is 3.07 bits per heavy atom. The quantitative estimate of drug-likeness (QED) is 0.782. The second-order valence-corrected chi connectivity index (χ2v) is 4.27. The summed E-state index contributed by atoms with van der Waals surface area (Å²) in [6.45, 7) is 0.489. The van der Waals surface area contributed by atoms with Crippen LogP contribution in [0.2, 0.25) is 0 Å². The topological polar surface area (TPSA) is 38.3 Å². The van der Waals surface area contributed by atoms with E-state index in [1.807, 2.05) is 10.8 Å². The Hall–Kier alpha value is -0.580. The number of rotatable bonds is 6. The van der Waals surface area contributed by atoms with Gasteiger partial charge in [0.15, 0.2) is 0 Å². The highest BCUT2D eigenvalue weighted by atomic mass is 35.5. The van der Waals surface area contributed by atoms with E-state index in [9.17, 15) is 4.79 Å². The molecule has 0 radical (unpaired) electrons. The van der Waals surface area contributed by atoms with Gasteiger partial charge >= 0.3 is 0 Å². The number of amides is 1. The molecule has 0 saturated heterocycles. The number of ether oxygens (including phenoxy) is 1. The highest BCUT2D eigenvalue weighted by Gasteiger charge is 2.13. The molecule has 0 aromatic carbocycles. The maximum absolute atomic E-state index is 11.7. The molecule has 5 heteroatoms. The predicted molar refractivity (Wildman–Crippen MR) is 62.8 cm³/mol. The van der Waals surface area contributed by atoms with Crippen molar-refractivity contribution in [3.63, 3.8) is 0 Å². The zero-order valence-corrected chi connectivity index (χ0v) is 10.1. The average molecular weight is 248 g/mol. The molecule has 1 atom stereocenters. The van der Waals surface area contributed by atoms with Crippen LogP contribution in [0.4, 0.5) is 0 Å². The molecule has 0 aliphatic carbocycles. The SMILES string of the molecule is COCC(CCCl)NC(=O)c1ccsc1. The maximum atomic E-state index is 11.7. The van der Waals surface area contributed by atoms with Crippen molar-refractivity contribution in [2.45, 2.75) is 12.5 Å². The van der Waals surface area contributed by atoms with E-state index in [-0.39, 0.29) is 11.9 Å². The Labute approximate surface area is 98.4 Å². The van der Waals surface area contributed by atoms with E-state index < -0.39 is 0 Å². The molecule has 1 aromatic heterocycles. The van der Waals surface area contributed by atoms with Crippen LogP contribution >= 0.6 is 22.9 Å². The zero-order chi connectivity index (χ0) is 11.1. The van der Waals surface area contributed by atoms with Crippen LogP contribution in [0, 0.1) is 0 Å². The van der Waals surface area contributed by atoms with Crippen molar-refractivity contribution in [2.75, 3.05) is 19.6 Å². The summed E-state index contributed by atoms with van der Waals surface area (Å²) in [7, 11) is 1.61. The monoisotopic (exact) mass is 247 g/mol. The Bertz CT molecular complexity index is 284. The molecule has 0 aliphatic heterocycles. The first kappa shape index (κ1) is 12.5. The van der Waals surface area contributed by atoms with Gasteiger partial charge in [0.05, 0.1) is 12.6 Å². The van der Waals surface area contributed by atoms with Crippen molar-refractivity contribution < 1.29 is 9.53 Å². The molecule has 1 rings (SSSR count). The van der Waals surface area contributed by atoms with Gasteiger partial charge in [0.1, 0.15) is 0 Å². The van der Waals surface area contributed by atoms with E-state index in [1.165, 1.54) is 11.3 Å². The summed E-state index contributed by atoms with van der Waals surface area (Å²) in [5, 5.41) is 6.58. The fourth-order valence-corrected chi connectivity index (χ4v) is 2.09. The number of hydrogen-bond acceptors (Lipinski definition) is 3. The van der Waals surface area contributed by atoms with Gasteiger partial charge in [0, 0.05) is 23.9 Å². The molecule has 0 spiro atoms. The molecular weight excluding hydrogens is 234 g/mol. The van der Waals surface area contributed by atoms with Crippen LogP contribution < -0.4 is 5.32 Å². The van der Waals surface area contributed by atoms with E-state index in [4.69, 9.17) is 16.3 Å². The molecule has 3 nitrogen and oxygen atoms in total. The van der Waals surface area contributed by atoms with Gasteiger partial charge in [-0.3, -0.25) is 4.79 Å². The Morgan fingerprint density at radius 2 is 2.53 bits per heavy atom. The van der Waals surface area contributed by atoms with Gasteiger partial charge in [-0.1, -0.05) is 0 Å². The third kappa shape index (κ3) is 4.20. The molecule has 0 bridgehead atoms. The Balaban J connectivity index is 2.47. The molecule has 0 aliphatic rings. The summed E-state index contributed by atoms with van der Waals surface area (Å²) < 4.78 is 5.00. The Morgan fingerprint density at radius 1 is 1.73 bits per heavy atom. The van der Waals surface area contributed by atoms with Crippen molar-refractivity contribution in [1.82, 2.24) is 5.32 Å². The lowest BCUT2D eigenvalue weighted by Crippen LogP contribution is -2.38. The minimum absolute atomic E-state index is 0.0140. The second kappa shape index (κ2) is 6.82. The summed E-state index contributed by atoms with van der Waals surface area (Å²) in [5.74, 6) is 0.446. The van der Waals surface area contributed by atoms with Crippen molar-refractivity contribution in [1.29, 1.82) is 0 Å². The standard InChI is InChI=1S/C10H14ClNO2S/c1-14-6-9(2-4-11)12-10(13)8-3-5-15-7-8/h3,5,7,9H,2,4,6H2,1H3,(H,12,13). The fraction of sp³-hybridized carbons (Fsp3) is 0.500. The van der Waals surface area contributed by atoms with Crippen molar-refractivity contribution in [3.05, 3.63) is 22.4 Å². The summed E-state index contributed by atoms with van der Waals surface area (Å²) in [5.41, 5.74) is 0.690. The molecule has 1 amide bonds. The minimum atomic E-state index is -0.0663. The smallest absolute Gasteiger partial charge is 0.252 e. The first-order valence-corrected chi connectivity index (χ1v) is 6.13. The number of methoxy groups -OCH3 is 1. The van der Waals surface area contributed by atoms with Gasteiger partial charge in [0.2, 0.25) is 0 Å². The van der Waals surface area contributed by atoms with Gasteiger partial charge in [-0.2, -0.15) is 11.3 Å². The third-order valence-corrected chi connectivity index (χ3v) is 2.85. The summed E-state index contributed by atoms with van der Waals surface area (Å²) >= 11 is 7.14. The molecule has 0 saturated carbocycles. The van der Waals surface area contributed by atoms with Crippen LogP contribution in [-0.2, 0) is 4.74 Å². The lowest BCUT2D eigenvalue weighted by atomic mass is 10.2. The molecule has 1 aromatic rings. The summed E-state index contributed by atoms with van der Waals surface area (Å²) in [4.78, 5) is 11.7. The first-order chi connectivity index (χ1) is 7.27. The van der Waals surface area contributed by atoms with Crippen molar-refractivity contribution >= 4 is 28.8 Å². The number of thiophene rings is 1. The lowest BCUT2D eigenvalue weighted by molar-refractivity contribution is 0.0895. The highest BCUT2D eigenvalue weighted by molar-refractivity contribution is 7.08. The van der Waals surface area contributed by atoms with E-state index in [0.717, 1.165) is 0 Å². The van der Waals surface area contributed by atoms with Crippen molar-refractivity contribution in [3.8, 4) is 0 Å². The zero-order valence-electron chi connectivity index (χ0n) is 8.53. The van der Waals surface area contributed by atoms with Crippen LogP contribution in [0.5, 0.6) is 0 Å². The first-order valence-electron chi connectivity index (χ1n) is 4.66. The van der Waals surface area contributed by atoms with E-state index >= 15 is 0 Å². The summed E-state index contributed by atoms with van der Waals surface area (Å²) in [6, 6.07) is 1.78. The molecule has 15 heavy (non-hydrogen) atoms. The largest absolute Gasteiger partial charge is 0.383 e. The maximum Gasteiger partial charge on any atom is 0.252 e. The number of alkyl halides is 1. The van der Waals surface area contributed by atoms with Crippen molar-refractivity contribution in [2.24, 2.45) is 0 Å². The van der Waals surface area contributed by atoms with Gasteiger partial charge in [-0.15, -0.1) is 11.6 Å². The minimum Gasteiger partial charge on any atom is -0.383 e. The molecular formula is C10H14ClNO2S. The molecule has 1 unspecified atom stereocenters. The number of carbonyl (C=O) groups excluding carboxylic acids is 1. The van der Waals surface area contributed by atoms with Gasteiger partial charge in [-0.05, 0) is 17.9 Å². The highest BCUT2D eigenvalue weighted by Crippen LogP contribution is 2.06. The average Bonchev–Trinajstić information content (AvgIpc) is 2.71. The number of halogens is 1. The van der Waals surface area contributed by atoms with Gasteiger partial charge in [0.25, 0.3) is 5.91 Å². The lowest BCUT2D eigenvalue weighted by Gasteiger charge is -2.16. The Kier molecular flexibility index (Phi) is 5.68. The van der Waals surface area contributed by atoms with Gasteiger partial charge < -0.3 is 10.1 Å². The number of hydrogen-bond donors (Lipinski definition) is 1. The normalized spacial score (nSPS) is 12.4. The molecule has 0 fully saturated rings. The van der Waals surface area contributed by atoms with Crippen LogP contribution in [0.3, 0.4) is 0 Å². The summed E-state index contributed by atoms with van der Waals surface area (Å²) in [6.07, 6.45) is 0.714. The van der Waals surface area contributed by atoms with Gasteiger partial charge in [-0.25, -0.2) is 0 Å². The number of nitrogens with one attached hydrogen (secondary N) is 1. The van der Waals surface area contributed by atoms with Crippen LogP contribution in [0.15, 0.2) is 16.8 Å². The second-order valence-electron chi connectivity index (χ2n) is 3.12. The molecule has 84 valence electrons. The molecule has 1 heterocycles. The van der Waals surface area contributed by atoms with E-state index in [0.29, 0.717) is 24.5 Å². The third-order valence-electron chi connectivity index (χ3n) is 1.94.